The van der Waals surface area contributed by atoms with Crippen molar-refractivity contribution in [1.82, 2.24) is 0 Å². The average molecular weight is 189 g/mol. The largest absolute Gasteiger partial charge is 0.394 e. The lowest BCUT2D eigenvalue weighted by molar-refractivity contribution is 0.190. The van der Waals surface area contributed by atoms with Gasteiger partial charge >= 0.3 is 8.56 Å². The lowest BCUT2D eigenvalue weighted by Crippen LogP contribution is -2.42. The van der Waals surface area contributed by atoms with Crippen LogP contribution in [0.15, 0.2) is 0 Å². The molecule has 2 nitrogen and oxygen atoms in total. The quantitative estimate of drug-likeness (QED) is 0.573. The van der Waals surface area contributed by atoms with Crippen LogP contribution in [0, 0.1) is 6.04 Å². The third kappa shape index (κ3) is 3.69. The maximum absolute atomic E-state index is 5.72. The molecule has 0 fully saturated rings. The molecule has 0 N–H and O–H groups in total. The molecule has 1 radical (unpaired) electrons. The van der Waals surface area contributed by atoms with Crippen LogP contribution >= 0.6 is 0 Å². The summed E-state index contributed by atoms with van der Waals surface area (Å²) in [4.78, 5) is 0. The Morgan fingerprint density at radius 2 is 1.50 bits per heavy atom. The molecule has 12 heavy (non-hydrogen) atoms. The van der Waals surface area contributed by atoms with Crippen LogP contribution in [0.2, 0.25) is 6.04 Å². The number of hydrogen-bond acceptors (Lipinski definition) is 2. The molecule has 0 rings (SSSR count). The first-order valence-corrected chi connectivity index (χ1v) is 6.97. The van der Waals surface area contributed by atoms with Crippen LogP contribution in [0.1, 0.15) is 34.1 Å². The van der Waals surface area contributed by atoms with Gasteiger partial charge in [0.2, 0.25) is 0 Å². The molecular weight excluding hydrogens is 168 g/mol. The van der Waals surface area contributed by atoms with Crippen molar-refractivity contribution in [1.29, 1.82) is 0 Å². The molecule has 0 atom stereocenters. The highest BCUT2D eigenvalue weighted by Gasteiger charge is 2.33. The summed E-state index contributed by atoms with van der Waals surface area (Å²) in [5.74, 6) is 0. The van der Waals surface area contributed by atoms with Gasteiger partial charge in [-0.25, -0.2) is 0 Å². The predicted molar refractivity (Wildman–Crippen MR) is 54.1 cm³/mol. The van der Waals surface area contributed by atoms with Crippen molar-refractivity contribution in [2.24, 2.45) is 0 Å². The molecule has 0 aliphatic rings. The second-order valence-corrected chi connectivity index (χ2v) is 5.96. The maximum atomic E-state index is 5.72. The van der Waals surface area contributed by atoms with Crippen molar-refractivity contribution in [3.63, 3.8) is 0 Å². The minimum atomic E-state index is -1.89. The first-order chi connectivity index (χ1) is 5.74. The van der Waals surface area contributed by atoms with Gasteiger partial charge in [-0.15, -0.1) is 0 Å². The van der Waals surface area contributed by atoms with Crippen molar-refractivity contribution in [3.05, 3.63) is 6.04 Å². The predicted octanol–water partition coefficient (Wildman–Crippen LogP) is 2.67. The van der Waals surface area contributed by atoms with E-state index in [4.69, 9.17) is 8.85 Å². The van der Waals surface area contributed by atoms with Gasteiger partial charge in [-0.2, -0.15) is 0 Å². The summed E-state index contributed by atoms with van der Waals surface area (Å²) in [5.41, 5.74) is 0. The van der Waals surface area contributed by atoms with Crippen LogP contribution in [-0.2, 0) is 8.85 Å². The van der Waals surface area contributed by atoms with Crippen molar-refractivity contribution in [2.45, 2.75) is 40.2 Å². The molecule has 0 spiro atoms. The van der Waals surface area contributed by atoms with Gasteiger partial charge in [0, 0.05) is 19.3 Å². The third-order valence-electron chi connectivity index (χ3n) is 1.79. The average Bonchev–Trinajstić information content (AvgIpc) is 2.06. The minimum Gasteiger partial charge on any atom is -0.394 e. The van der Waals surface area contributed by atoms with Gasteiger partial charge in [-0.3, -0.25) is 0 Å². The SMILES string of the molecule is CC[CH][Si](CC)(OCC)OCC. The monoisotopic (exact) mass is 189 g/mol. The van der Waals surface area contributed by atoms with E-state index in [0.717, 1.165) is 25.7 Å². The smallest absolute Gasteiger partial charge is 0.341 e. The number of rotatable bonds is 7. The van der Waals surface area contributed by atoms with Gasteiger partial charge in [0.15, 0.2) is 0 Å². The molecule has 0 unspecified atom stereocenters. The van der Waals surface area contributed by atoms with Crippen molar-refractivity contribution in [2.75, 3.05) is 13.2 Å². The normalized spacial score (nSPS) is 12.0. The summed E-state index contributed by atoms with van der Waals surface area (Å²) in [5, 5.41) is 0. The molecule has 0 aromatic rings. The summed E-state index contributed by atoms with van der Waals surface area (Å²) in [7, 11) is -1.89. The van der Waals surface area contributed by atoms with Crippen LogP contribution in [0.25, 0.3) is 0 Å². The number of hydrogen-bond donors (Lipinski definition) is 0. The Hall–Kier alpha value is 0.137. The van der Waals surface area contributed by atoms with E-state index in [1.54, 1.807) is 0 Å². The van der Waals surface area contributed by atoms with E-state index in [1.807, 2.05) is 13.8 Å². The second kappa shape index (κ2) is 6.63. The maximum Gasteiger partial charge on any atom is 0.341 e. The van der Waals surface area contributed by atoms with E-state index >= 15 is 0 Å². The lowest BCUT2D eigenvalue weighted by atomic mass is 10.6. The Balaban J connectivity index is 4.06. The highest BCUT2D eigenvalue weighted by atomic mass is 28.4. The van der Waals surface area contributed by atoms with Crippen LogP contribution in [0.5, 0.6) is 0 Å². The first-order valence-electron chi connectivity index (χ1n) is 4.86. The van der Waals surface area contributed by atoms with Crippen molar-refractivity contribution >= 4 is 8.56 Å². The first kappa shape index (κ1) is 12.1. The zero-order valence-electron chi connectivity index (χ0n) is 8.72. The zero-order valence-corrected chi connectivity index (χ0v) is 9.72. The van der Waals surface area contributed by atoms with Crippen LogP contribution in [0.4, 0.5) is 0 Å². The fourth-order valence-corrected chi connectivity index (χ4v) is 3.92. The fraction of sp³-hybridized carbons (Fsp3) is 0.889. The Morgan fingerprint density at radius 1 is 1.00 bits per heavy atom. The summed E-state index contributed by atoms with van der Waals surface area (Å²) < 4.78 is 11.4. The van der Waals surface area contributed by atoms with Gasteiger partial charge in [-0.05, 0) is 19.9 Å². The molecule has 0 heterocycles. The molecular formula is C9H21O2Si. The molecule has 3 heteroatoms. The molecule has 0 aromatic carbocycles. The molecule has 0 aromatic heterocycles. The van der Waals surface area contributed by atoms with E-state index in [2.05, 4.69) is 19.9 Å². The van der Waals surface area contributed by atoms with Crippen molar-refractivity contribution < 1.29 is 8.85 Å². The van der Waals surface area contributed by atoms with Gasteiger partial charge in [0.05, 0.1) is 0 Å². The standard InChI is InChI=1S/C9H21O2Si/c1-5-9-12(8-4,10-6-2)11-7-3/h9H,5-8H2,1-4H3. The van der Waals surface area contributed by atoms with Crippen LogP contribution in [-0.4, -0.2) is 21.8 Å². The zero-order chi connectivity index (χ0) is 9.45. The fourth-order valence-electron chi connectivity index (χ4n) is 1.31. The third-order valence-corrected chi connectivity index (χ3v) is 5.36. The second-order valence-electron chi connectivity index (χ2n) is 2.64. The Bertz CT molecular complexity index is 89.7. The molecule has 0 amide bonds. The highest BCUT2D eigenvalue weighted by molar-refractivity contribution is 6.71. The van der Waals surface area contributed by atoms with E-state index in [-0.39, 0.29) is 0 Å². The van der Waals surface area contributed by atoms with Gasteiger partial charge < -0.3 is 8.85 Å². The summed E-state index contributed by atoms with van der Waals surface area (Å²) >= 11 is 0. The van der Waals surface area contributed by atoms with Gasteiger partial charge in [0.25, 0.3) is 0 Å². The molecule has 0 aliphatic carbocycles. The van der Waals surface area contributed by atoms with Crippen LogP contribution in [0.3, 0.4) is 0 Å². The Labute approximate surface area is 77.5 Å². The molecule has 73 valence electrons. The molecule has 0 aliphatic heterocycles. The van der Waals surface area contributed by atoms with E-state index in [1.165, 1.54) is 0 Å². The van der Waals surface area contributed by atoms with Crippen molar-refractivity contribution in [3.8, 4) is 0 Å². The molecule has 0 saturated carbocycles. The Kier molecular flexibility index (Phi) is 6.71. The van der Waals surface area contributed by atoms with E-state index in [9.17, 15) is 0 Å². The summed E-state index contributed by atoms with van der Waals surface area (Å²) in [6.07, 6.45) is 1.04. The van der Waals surface area contributed by atoms with E-state index < -0.39 is 8.56 Å². The lowest BCUT2D eigenvalue weighted by Gasteiger charge is -2.28. The summed E-state index contributed by atoms with van der Waals surface area (Å²) in [6, 6.07) is 3.25. The molecule has 0 saturated heterocycles. The van der Waals surface area contributed by atoms with Gasteiger partial charge in [0.1, 0.15) is 0 Å². The highest BCUT2D eigenvalue weighted by Crippen LogP contribution is 2.18. The Morgan fingerprint density at radius 3 is 1.75 bits per heavy atom. The van der Waals surface area contributed by atoms with Gasteiger partial charge in [-0.1, -0.05) is 20.3 Å². The molecule has 0 bridgehead atoms. The van der Waals surface area contributed by atoms with E-state index in [0.29, 0.717) is 0 Å². The van der Waals surface area contributed by atoms with Crippen LogP contribution < -0.4 is 0 Å². The topological polar surface area (TPSA) is 18.5 Å². The minimum absolute atomic E-state index is 0.760. The summed E-state index contributed by atoms with van der Waals surface area (Å²) in [6.45, 7) is 9.85.